The molecular formula is C17H18ClN3OS. The van der Waals surface area contributed by atoms with Gasteiger partial charge in [-0.25, -0.2) is 4.99 Å². The van der Waals surface area contributed by atoms with Crippen LogP contribution in [0.15, 0.2) is 29.3 Å². The molecule has 1 aromatic carbocycles. The molecule has 4 aliphatic heterocycles. The van der Waals surface area contributed by atoms with E-state index in [-0.39, 0.29) is 5.60 Å². The highest BCUT2D eigenvalue weighted by atomic mass is 35.5. The Kier molecular flexibility index (Phi) is 3.20. The van der Waals surface area contributed by atoms with Crippen molar-refractivity contribution in [2.75, 3.05) is 19.6 Å². The molecule has 1 aromatic heterocycles. The summed E-state index contributed by atoms with van der Waals surface area (Å²) in [6.45, 7) is 3.47. The van der Waals surface area contributed by atoms with Gasteiger partial charge in [0, 0.05) is 17.7 Å². The molecule has 0 saturated carbocycles. The van der Waals surface area contributed by atoms with Crippen LogP contribution in [-0.2, 0) is 4.84 Å². The van der Waals surface area contributed by atoms with E-state index in [9.17, 15) is 0 Å². The highest BCUT2D eigenvalue weighted by Gasteiger charge is 2.52. The van der Waals surface area contributed by atoms with Gasteiger partial charge < -0.3 is 4.90 Å². The van der Waals surface area contributed by atoms with E-state index in [1.807, 2.05) is 12.1 Å². The van der Waals surface area contributed by atoms with Crippen molar-refractivity contribution in [1.29, 1.82) is 0 Å². The Morgan fingerprint density at radius 2 is 2.17 bits per heavy atom. The standard InChI is InChI=1S/C17H18ClN3OS/c18-15-7-11-1-2-13(8-14(11)23-15)19-16-9-17(22-20-16)10-21-5-3-12(17)4-6-21/h1-2,7-8,12H,3-6,9-10H2,(H,19,20). The summed E-state index contributed by atoms with van der Waals surface area (Å²) in [5, 5.41) is 1.17. The fourth-order valence-electron chi connectivity index (χ4n) is 4.23. The Bertz CT molecular complexity index is 796. The van der Waals surface area contributed by atoms with Crippen LogP contribution in [0.3, 0.4) is 0 Å². The molecule has 6 heteroatoms. The molecule has 23 heavy (non-hydrogen) atoms. The average Bonchev–Trinajstić information content (AvgIpc) is 3.11. The molecule has 0 radical (unpaired) electrons. The lowest BCUT2D eigenvalue weighted by Gasteiger charge is -2.49. The third-order valence-electron chi connectivity index (χ3n) is 5.40. The third kappa shape index (κ3) is 2.38. The summed E-state index contributed by atoms with van der Waals surface area (Å²) in [6, 6.07) is 8.22. The summed E-state index contributed by atoms with van der Waals surface area (Å²) in [5.74, 6) is 1.60. The molecule has 4 saturated heterocycles. The van der Waals surface area contributed by atoms with Crippen molar-refractivity contribution in [1.82, 2.24) is 10.4 Å². The summed E-state index contributed by atoms with van der Waals surface area (Å²) >= 11 is 7.68. The first kappa shape index (κ1) is 14.2. The van der Waals surface area contributed by atoms with Gasteiger partial charge in [0.05, 0.1) is 10.0 Å². The predicted molar refractivity (Wildman–Crippen MR) is 94.7 cm³/mol. The molecule has 5 heterocycles. The predicted octanol–water partition coefficient (Wildman–Crippen LogP) is 3.97. The van der Waals surface area contributed by atoms with Crippen LogP contribution in [0.2, 0.25) is 4.34 Å². The monoisotopic (exact) mass is 347 g/mol. The lowest BCUT2D eigenvalue weighted by Crippen LogP contribution is -2.59. The SMILES string of the molecule is Clc1cc2ccc(N=C3CC4(CN5CCC4CC5)ON3)cc2s1. The first-order chi connectivity index (χ1) is 11.2. The van der Waals surface area contributed by atoms with Gasteiger partial charge in [-0.15, -0.1) is 11.3 Å². The van der Waals surface area contributed by atoms with Crippen LogP contribution in [-0.4, -0.2) is 36.0 Å². The smallest absolute Gasteiger partial charge is 0.129 e. The quantitative estimate of drug-likeness (QED) is 0.848. The molecule has 1 spiro atoms. The van der Waals surface area contributed by atoms with Gasteiger partial charge in [0.1, 0.15) is 11.4 Å². The number of piperidine rings is 3. The highest BCUT2D eigenvalue weighted by molar-refractivity contribution is 7.22. The van der Waals surface area contributed by atoms with E-state index in [2.05, 4.69) is 22.5 Å². The van der Waals surface area contributed by atoms with Gasteiger partial charge in [-0.1, -0.05) is 17.7 Å². The Balaban J connectivity index is 1.42. The fourth-order valence-corrected chi connectivity index (χ4v) is 5.42. The number of benzene rings is 1. The van der Waals surface area contributed by atoms with Crippen LogP contribution in [0.4, 0.5) is 5.69 Å². The first-order valence-electron chi connectivity index (χ1n) is 8.13. The van der Waals surface area contributed by atoms with E-state index in [0.717, 1.165) is 28.8 Å². The second-order valence-corrected chi connectivity index (χ2v) is 8.54. The van der Waals surface area contributed by atoms with Crippen LogP contribution in [0.25, 0.3) is 10.1 Å². The fraction of sp³-hybridized carbons (Fsp3) is 0.471. The zero-order valence-electron chi connectivity index (χ0n) is 12.7. The number of fused-ring (bicyclic) bond motifs is 3. The molecule has 6 rings (SSSR count). The van der Waals surface area contributed by atoms with E-state index in [1.54, 1.807) is 11.3 Å². The lowest BCUT2D eigenvalue weighted by atomic mass is 9.74. The minimum atomic E-state index is -0.0638. The normalized spacial score (nSPS) is 34.6. The second kappa shape index (κ2) is 5.18. The van der Waals surface area contributed by atoms with Crippen LogP contribution in [0, 0.1) is 5.92 Å². The molecular weight excluding hydrogens is 330 g/mol. The Morgan fingerprint density at radius 3 is 2.96 bits per heavy atom. The van der Waals surface area contributed by atoms with Crippen LogP contribution >= 0.6 is 22.9 Å². The average molecular weight is 348 g/mol. The van der Waals surface area contributed by atoms with E-state index in [0.29, 0.717) is 5.92 Å². The van der Waals surface area contributed by atoms with Crippen molar-refractivity contribution < 1.29 is 4.84 Å². The number of nitrogens with zero attached hydrogens (tertiary/aromatic N) is 2. The van der Waals surface area contributed by atoms with Crippen molar-refractivity contribution in [3.05, 3.63) is 28.6 Å². The minimum Gasteiger partial charge on any atom is -0.300 e. The lowest BCUT2D eigenvalue weighted by molar-refractivity contribution is -0.150. The number of thiophene rings is 1. The molecule has 2 aromatic rings. The summed E-state index contributed by atoms with van der Waals surface area (Å²) in [5.41, 5.74) is 4.00. The first-order valence-corrected chi connectivity index (χ1v) is 9.33. The van der Waals surface area contributed by atoms with Crippen molar-refractivity contribution in [3.8, 4) is 0 Å². The van der Waals surface area contributed by atoms with Gasteiger partial charge in [-0.3, -0.25) is 10.3 Å². The summed E-state index contributed by atoms with van der Waals surface area (Å²) < 4.78 is 1.99. The largest absolute Gasteiger partial charge is 0.300 e. The second-order valence-electron chi connectivity index (χ2n) is 6.83. The van der Waals surface area contributed by atoms with Crippen molar-refractivity contribution in [2.45, 2.75) is 24.9 Å². The highest BCUT2D eigenvalue weighted by Crippen LogP contribution is 2.42. The topological polar surface area (TPSA) is 36.9 Å². The molecule has 1 unspecified atom stereocenters. The molecule has 0 amide bonds. The molecule has 4 nitrogen and oxygen atoms in total. The van der Waals surface area contributed by atoms with Gasteiger partial charge in [0.2, 0.25) is 0 Å². The number of nitrogens with one attached hydrogen (secondary N) is 1. The third-order valence-corrected chi connectivity index (χ3v) is 6.63. The van der Waals surface area contributed by atoms with Crippen molar-refractivity contribution in [2.24, 2.45) is 10.9 Å². The van der Waals surface area contributed by atoms with E-state index in [1.165, 1.54) is 36.0 Å². The summed E-state index contributed by atoms with van der Waals surface area (Å²) in [4.78, 5) is 13.3. The Hall–Kier alpha value is -1.14. The molecule has 1 N–H and O–H groups in total. The number of hydrogen-bond acceptors (Lipinski definition) is 4. The van der Waals surface area contributed by atoms with Gasteiger partial charge in [-0.05, 0) is 55.4 Å². The summed E-state index contributed by atoms with van der Waals surface area (Å²) in [7, 11) is 0. The van der Waals surface area contributed by atoms with Crippen molar-refractivity contribution in [3.63, 3.8) is 0 Å². The van der Waals surface area contributed by atoms with E-state index in [4.69, 9.17) is 21.4 Å². The maximum Gasteiger partial charge on any atom is 0.129 e. The van der Waals surface area contributed by atoms with Crippen LogP contribution in [0.5, 0.6) is 0 Å². The number of hydroxylamine groups is 1. The van der Waals surface area contributed by atoms with Crippen molar-refractivity contribution >= 4 is 44.5 Å². The number of rotatable bonds is 1. The Labute approximate surface area is 144 Å². The van der Waals surface area contributed by atoms with Gasteiger partial charge in [-0.2, -0.15) is 0 Å². The van der Waals surface area contributed by atoms with Crippen LogP contribution < -0.4 is 5.48 Å². The number of halogens is 1. The van der Waals surface area contributed by atoms with Crippen LogP contribution in [0.1, 0.15) is 19.3 Å². The zero-order valence-corrected chi connectivity index (χ0v) is 14.3. The van der Waals surface area contributed by atoms with Gasteiger partial charge in [0.25, 0.3) is 0 Å². The molecule has 1 atom stereocenters. The summed E-state index contributed by atoms with van der Waals surface area (Å²) in [6.07, 6.45) is 3.38. The number of aliphatic imine (C=N–C) groups is 1. The number of amidine groups is 1. The molecule has 2 bridgehead atoms. The van der Waals surface area contributed by atoms with E-state index >= 15 is 0 Å². The van der Waals surface area contributed by atoms with Gasteiger partial charge in [0.15, 0.2) is 0 Å². The zero-order chi connectivity index (χ0) is 15.4. The molecule has 0 aliphatic carbocycles. The molecule has 4 aliphatic rings. The Morgan fingerprint density at radius 1 is 1.30 bits per heavy atom. The maximum absolute atomic E-state index is 6.08. The number of hydrogen-bond donors (Lipinski definition) is 1. The molecule has 4 fully saturated rings. The minimum absolute atomic E-state index is 0.0638. The van der Waals surface area contributed by atoms with E-state index < -0.39 is 0 Å². The molecule has 120 valence electrons. The maximum atomic E-state index is 6.08. The van der Waals surface area contributed by atoms with Gasteiger partial charge >= 0.3 is 0 Å².